The molecule has 0 fully saturated rings. The molecule has 0 atom stereocenters. The van der Waals surface area contributed by atoms with E-state index in [0.717, 1.165) is 17.0 Å². The minimum Gasteiger partial charge on any atom is -0.497 e. The molecule has 3 aromatic carbocycles. The van der Waals surface area contributed by atoms with E-state index in [4.69, 9.17) is 14.2 Å². The number of thioether (sulfide) groups is 1. The fraction of sp³-hybridized carbons (Fsp3) is 0.222. The quantitative estimate of drug-likeness (QED) is 0.317. The van der Waals surface area contributed by atoms with Crippen molar-refractivity contribution in [2.75, 3.05) is 25.0 Å². The van der Waals surface area contributed by atoms with Gasteiger partial charge < -0.3 is 19.5 Å². The molecule has 8 nitrogen and oxygen atoms in total. The minimum absolute atomic E-state index is 0.156. The van der Waals surface area contributed by atoms with Crippen molar-refractivity contribution >= 4 is 23.4 Å². The number of carbonyl (C=O) groups excluding carboxylic acids is 1. The number of aromatic nitrogens is 3. The van der Waals surface area contributed by atoms with Crippen LogP contribution >= 0.6 is 11.8 Å². The lowest BCUT2D eigenvalue weighted by Crippen LogP contribution is -2.14. The topological polar surface area (TPSA) is 87.5 Å². The van der Waals surface area contributed by atoms with Crippen molar-refractivity contribution in [1.82, 2.24) is 14.8 Å². The summed E-state index contributed by atoms with van der Waals surface area (Å²) in [7, 11) is 1.64. The van der Waals surface area contributed by atoms with E-state index >= 15 is 0 Å². The van der Waals surface area contributed by atoms with Crippen molar-refractivity contribution < 1.29 is 19.0 Å². The van der Waals surface area contributed by atoms with Crippen LogP contribution in [0.5, 0.6) is 17.2 Å². The number of methoxy groups -OCH3 is 1. The first-order chi connectivity index (χ1) is 17.5. The maximum Gasteiger partial charge on any atom is 0.234 e. The predicted molar refractivity (Wildman–Crippen MR) is 139 cm³/mol. The number of ether oxygens (including phenoxy) is 3. The maximum atomic E-state index is 12.8. The van der Waals surface area contributed by atoms with Crippen molar-refractivity contribution in [3.05, 3.63) is 72.3 Å². The van der Waals surface area contributed by atoms with Gasteiger partial charge in [-0.1, -0.05) is 43.8 Å². The molecule has 184 valence electrons. The van der Waals surface area contributed by atoms with Crippen LogP contribution in [0.1, 0.15) is 25.3 Å². The summed E-state index contributed by atoms with van der Waals surface area (Å²) in [5.41, 5.74) is 3.70. The molecule has 0 unspecified atom stereocenters. The molecule has 1 aromatic heterocycles. The number of amides is 1. The summed E-state index contributed by atoms with van der Waals surface area (Å²) in [4.78, 5) is 12.8. The third kappa shape index (κ3) is 4.87. The molecule has 1 N–H and O–H groups in total. The Morgan fingerprint density at radius 3 is 2.61 bits per heavy atom. The van der Waals surface area contributed by atoms with Gasteiger partial charge in [0.05, 0.1) is 18.6 Å². The van der Waals surface area contributed by atoms with Crippen LogP contribution in [0.2, 0.25) is 0 Å². The standard InChI is InChI=1S/C27H26N4O4S/c1-17(2)21-6-4-5-7-22(21)31-26(18-8-11-20(33-3)12-9-18)29-30-27(31)36-15-25(32)28-19-10-13-23-24(14-19)35-16-34-23/h4-14,17H,15-16H2,1-3H3,(H,28,32). The van der Waals surface area contributed by atoms with Crippen LogP contribution in [0.3, 0.4) is 0 Å². The molecule has 0 bridgehead atoms. The molecule has 0 radical (unpaired) electrons. The van der Waals surface area contributed by atoms with Crippen LogP contribution in [0.15, 0.2) is 71.9 Å². The largest absolute Gasteiger partial charge is 0.497 e. The molecule has 36 heavy (non-hydrogen) atoms. The number of fused-ring (bicyclic) bond motifs is 1. The van der Waals surface area contributed by atoms with E-state index in [1.807, 2.05) is 41.0 Å². The molecule has 0 aliphatic carbocycles. The van der Waals surface area contributed by atoms with Crippen molar-refractivity contribution in [2.24, 2.45) is 0 Å². The fourth-order valence-electron chi connectivity index (χ4n) is 3.99. The van der Waals surface area contributed by atoms with Crippen LogP contribution in [0.25, 0.3) is 17.1 Å². The van der Waals surface area contributed by atoms with Gasteiger partial charge in [-0.05, 0) is 53.9 Å². The number of nitrogens with zero attached hydrogens (tertiary/aromatic N) is 3. The van der Waals surface area contributed by atoms with E-state index in [9.17, 15) is 4.79 Å². The molecular formula is C27H26N4O4S. The second-order valence-electron chi connectivity index (χ2n) is 8.49. The summed E-state index contributed by atoms with van der Waals surface area (Å²) >= 11 is 1.33. The Kier molecular flexibility index (Phi) is 6.81. The lowest BCUT2D eigenvalue weighted by atomic mass is 10.0. The van der Waals surface area contributed by atoms with E-state index in [0.29, 0.717) is 34.1 Å². The van der Waals surface area contributed by atoms with Gasteiger partial charge in [-0.3, -0.25) is 9.36 Å². The number of hydrogen-bond donors (Lipinski definition) is 1. The smallest absolute Gasteiger partial charge is 0.234 e. The van der Waals surface area contributed by atoms with E-state index in [2.05, 4.69) is 41.5 Å². The molecule has 1 aliphatic heterocycles. The Bertz CT molecular complexity index is 1390. The number of para-hydroxylation sites is 1. The summed E-state index contributed by atoms with van der Waals surface area (Å²) in [6.07, 6.45) is 0. The summed E-state index contributed by atoms with van der Waals surface area (Å²) in [5.74, 6) is 3.06. The fourth-order valence-corrected chi connectivity index (χ4v) is 4.73. The van der Waals surface area contributed by atoms with Gasteiger partial charge in [0.25, 0.3) is 0 Å². The molecule has 0 spiro atoms. The predicted octanol–water partition coefficient (Wildman–Crippen LogP) is 5.53. The monoisotopic (exact) mass is 502 g/mol. The van der Waals surface area contributed by atoms with Gasteiger partial charge in [0, 0.05) is 17.3 Å². The van der Waals surface area contributed by atoms with Gasteiger partial charge in [-0.25, -0.2) is 0 Å². The molecule has 4 aromatic rings. The van der Waals surface area contributed by atoms with Gasteiger partial charge in [0.15, 0.2) is 22.5 Å². The number of benzene rings is 3. The van der Waals surface area contributed by atoms with Crippen molar-refractivity contribution in [3.8, 4) is 34.3 Å². The Morgan fingerprint density at radius 1 is 1.06 bits per heavy atom. The minimum atomic E-state index is -0.156. The van der Waals surface area contributed by atoms with Crippen molar-refractivity contribution in [1.29, 1.82) is 0 Å². The number of anilines is 1. The SMILES string of the molecule is COc1ccc(-c2nnc(SCC(=O)Nc3ccc4c(c3)OCO4)n2-c2ccccc2C(C)C)cc1. The van der Waals surface area contributed by atoms with Gasteiger partial charge >= 0.3 is 0 Å². The molecule has 1 amide bonds. The zero-order chi connectivity index (χ0) is 25.1. The number of rotatable bonds is 8. The maximum absolute atomic E-state index is 12.8. The average Bonchev–Trinajstić information content (AvgIpc) is 3.54. The van der Waals surface area contributed by atoms with Gasteiger partial charge in [-0.2, -0.15) is 0 Å². The molecular weight excluding hydrogens is 476 g/mol. The zero-order valence-electron chi connectivity index (χ0n) is 20.2. The van der Waals surface area contributed by atoms with E-state index in [1.54, 1.807) is 25.3 Å². The third-order valence-electron chi connectivity index (χ3n) is 5.77. The second-order valence-corrected chi connectivity index (χ2v) is 9.43. The first-order valence-electron chi connectivity index (χ1n) is 11.5. The summed E-state index contributed by atoms with van der Waals surface area (Å²) in [6.45, 7) is 4.50. The van der Waals surface area contributed by atoms with Gasteiger partial charge in [0.2, 0.25) is 12.7 Å². The van der Waals surface area contributed by atoms with Crippen molar-refractivity contribution in [2.45, 2.75) is 24.9 Å². The Labute approximate surface area is 213 Å². The highest BCUT2D eigenvalue weighted by molar-refractivity contribution is 7.99. The van der Waals surface area contributed by atoms with Crippen LogP contribution in [0, 0.1) is 0 Å². The van der Waals surface area contributed by atoms with E-state index < -0.39 is 0 Å². The highest BCUT2D eigenvalue weighted by Gasteiger charge is 2.21. The highest BCUT2D eigenvalue weighted by Crippen LogP contribution is 2.35. The zero-order valence-corrected chi connectivity index (χ0v) is 21.0. The highest BCUT2D eigenvalue weighted by atomic mass is 32.2. The summed E-state index contributed by atoms with van der Waals surface area (Å²) in [6, 6.07) is 21.2. The Hall–Kier alpha value is -3.98. The molecule has 0 saturated heterocycles. The molecule has 0 saturated carbocycles. The van der Waals surface area contributed by atoms with Gasteiger partial charge in [-0.15, -0.1) is 10.2 Å². The Balaban J connectivity index is 1.43. The molecule has 5 rings (SSSR count). The molecule has 2 heterocycles. The van der Waals surface area contributed by atoms with E-state index in [-0.39, 0.29) is 18.5 Å². The third-order valence-corrected chi connectivity index (χ3v) is 6.70. The van der Waals surface area contributed by atoms with E-state index in [1.165, 1.54) is 17.3 Å². The van der Waals surface area contributed by atoms with Crippen LogP contribution < -0.4 is 19.5 Å². The number of carbonyl (C=O) groups is 1. The number of nitrogens with one attached hydrogen (secondary N) is 1. The van der Waals surface area contributed by atoms with Crippen LogP contribution in [0.4, 0.5) is 5.69 Å². The lowest BCUT2D eigenvalue weighted by Gasteiger charge is -2.17. The summed E-state index contributed by atoms with van der Waals surface area (Å²) in [5, 5.41) is 12.5. The van der Waals surface area contributed by atoms with Crippen LogP contribution in [-0.4, -0.2) is 40.3 Å². The second kappa shape index (κ2) is 10.3. The lowest BCUT2D eigenvalue weighted by molar-refractivity contribution is -0.113. The first kappa shape index (κ1) is 23.7. The van der Waals surface area contributed by atoms with Gasteiger partial charge in [0.1, 0.15) is 5.75 Å². The molecule has 1 aliphatic rings. The van der Waals surface area contributed by atoms with Crippen molar-refractivity contribution in [3.63, 3.8) is 0 Å². The summed E-state index contributed by atoms with van der Waals surface area (Å²) < 4.78 is 18.1. The van der Waals surface area contributed by atoms with Crippen LogP contribution in [-0.2, 0) is 4.79 Å². The molecule has 9 heteroatoms. The normalized spacial score (nSPS) is 12.1. The average molecular weight is 503 g/mol. The number of hydrogen-bond acceptors (Lipinski definition) is 7. The first-order valence-corrected chi connectivity index (χ1v) is 12.5. The Morgan fingerprint density at radius 2 is 1.83 bits per heavy atom.